The summed E-state index contributed by atoms with van der Waals surface area (Å²) >= 11 is 0. The van der Waals surface area contributed by atoms with E-state index in [0.29, 0.717) is 6.54 Å². The third-order valence-corrected chi connectivity index (χ3v) is 5.13. The lowest BCUT2D eigenvalue weighted by Gasteiger charge is -2.37. The van der Waals surface area contributed by atoms with Crippen molar-refractivity contribution < 1.29 is 4.79 Å². The summed E-state index contributed by atoms with van der Waals surface area (Å²) in [5.41, 5.74) is 1.26. The van der Waals surface area contributed by atoms with Crippen LogP contribution in [0.3, 0.4) is 0 Å². The van der Waals surface area contributed by atoms with E-state index in [1.807, 2.05) is 13.0 Å². The van der Waals surface area contributed by atoms with Crippen molar-refractivity contribution in [3.8, 4) is 0 Å². The van der Waals surface area contributed by atoms with Crippen molar-refractivity contribution in [2.45, 2.75) is 38.8 Å². The number of benzene rings is 1. The molecule has 1 aliphatic heterocycles. The van der Waals surface area contributed by atoms with Crippen molar-refractivity contribution in [2.24, 2.45) is 5.92 Å². The van der Waals surface area contributed by atoms with Crippen LogP contribution in [0.1, 0.15) is 44.3 Å². The molecular formula is C19H27N5O. The van der Waals surface area contributed by atoms with E-state index in [1.54, 1.807) is 11.0 Å². The van der Waals surface area contributed by atoms with Gasteiger partial charge in [-0.05, 0) is 44.3 Å². The van der Waals surface area contributed by atoms with Crippen LogP contribution in [-0.4, -0.2) is 45.2 Å². The van der Waals surface area contributed by atoms with Gasteiger partial charge in [-0.1, -0.05) is 37.3 Å². The molecule has 0 aliphatic carbocycles. The Hall–Kier alpha value is -2.21. The fourth-order valence-corrected chi connectivity index (χ4v) is 3.36. The number of rotatable bonds is 6. The summed E-state index contributed by atoms with van der Waals surface area (Å²) in [6, 6.07) is 10.3. The van der Waals surface area contributed by atoms with Crippen molar-refractivity contribution in [2.75, 3.05) is 19.6 Å². The maximum Gasteiger partial charge on any atom is 0.244 e. The summed E-state index contributed by atoms with van der Waals surface area (Å²) in [6.45, 7) is 6.92. The summed E-state index contributed by atoms with van der Waals surface area (Å²) in [4.78, 5) is 18.9. The van der Waals surface area contributed by atoms with Crippen molar-refractivity contribution in [3.05, 3.63) is 48.5 Å². The molecule has 2 unspecified atom stereocenters. The van der Waals surface area contributed by atoms with Gasteiger partial charge in [-0.15, -0.1) is 0 Å². The molecule has 1 saturated heterocycles. The highest BCUT2D eigenvalue weighted by atomic mass is 16.2. The van der Waals surface area contributed by atoms with E-state index in [9.17, 15) is 4.79 Å². The number of nitrogens with one attached hydrogen (secondary N) is 1. The molecule has 0 bridgehead atoms. The van der Waals surface area contributed by atoms with Gasteiger partial charge in [0.1, 0.15) is 18.7 Å². The number of carbonyl (C=O) groups is 1. The van der Waals surface area contributed by atoms with Crippen LogP contribution in [0.5, 0.6) is 0 Å². The molecular weight excluding hydrogens is 314 g/mol. The van der Waals surface area contributed by atoms with Crippen LogP contribution in [0, 0.1) is 5.92 Å². The Morgan fingerprint density at radius 1 is 1.28 bits per heavy atom. The minimum Gasteiger partial charge on any atom is -0.352 e. The Balaban J connectivity index is 1.66. The molecule has 1 aromatic heterocycles. The molecule has 25 heavy (non-hydrogen) atoms. The number of amides is 1. The average Bonchev–Trinajstić information content (AvgIpc) is 3.18. The lowest BCUT2D eigenvalue weighted by atomic mass is 9.95. The quantitative estimate of drug-likeness (QED) is 0.876. The Bertz CT molecular complexity index is 650. The maximum atomic E-state index is 12.5. The molecule has 134 valence electrons. The third-order valence-electron chi connectivity index (χ3n) is 5.13. The largest absolute Gasteiger partial charge is 0.352 e. The standard InChI is InChI=1S/C19H27N5O/c1-15-8-10-23(11-9-15)18(17-6-4-3-5-7-17)12-21-19(25)16(2)24-14-20-13-22-24/h3-7,13-16,18H,8-12H2,1-2H3,(H,21,25). The van der Waals surface area contributed by atoms with Crippen molar-refractivity contribution in [3.63, 3.8) is 0 Å². The Labute approximate surface area is 149 Å². The van der Waals surface area contributed by atoms with Gasteiger partial charge in [-0.3, -0.25) is 9.69 Å². The maximum absolute atomic E-state index is 12.5. The van der Waals surface area contributed by atoms with Gasteiger partial charge in [-0.2, -0.15) is 5.10 Å². The zero-order chi connectivity index (χ0) is 17.6. The predicted molar refractivity (Wildman–Crippen MR) is 96.9 cm³/mol. The fraction of sp³-hybridized carbons (Fsp3) is 0.526. The topological polar surface area (TPSA) is 63.1 Å². The Kier molecular flexibility index (Phi) is 5.81. The van der Waals surface area contributed by atoms with E-state index in [-0.39, 0.29) is 18.0 Å². The molecule has 1 fully saturated rings. The molecule has 3 rings (SSSR count). The van der Waals surface area contributed by atoms with E-state index in [0.717, 1.165) is 19.0 Å². The number of nitrogens with zero attached hydrogens (tertiary/aromatic N) is 4. The van der Waals surface area contributed by atoms with Gasteiger partial charge in [0.15, 0.2) is 0 Å². The summed E-state index contributed by atoms with van der Waals surface area (Å²) in [5.74, 6) is 0.756. The number of likely N-dealkylation sites (tertiary alicyclic amines) is 1. The molecule has 6 nitrogen and oxygen atoms in total. The van der Waals surface area contributed by atoms with Crippen LogP contribution in [-0.2, 0) is 4.79 Å². The first-order chi connectivity index (χ1) is 12.1. The van der Waals surface area contributed by atoms with Crippen molar-refractivity contribution in [1.82, 2.24) is 25.0 Å². The molecule has 1 aromatic carbocycles. The van der Waals surface area contributed by atoms with Crippen molar-refractivity contribution in [1.29, 1.82) is 0 Å². The first-order valence-electron chi connectivity index (χ1n) is 9.06. The first-order valence-corrected chi connectivity index (χ1v) is 9.06. The van der Waals surface area contributed by atoms with Crippen LogP contribution in [0.4, 0.5) is 0 Å². The molecule has 1 aliphatic rings. The van der Waals surface area contributed by atoms with Crippen LogP contribution in [0.25, 0.3) is 0 Å². The second-order valence-electron chi connectivity index (χ2n) is 6.94. The normalized spacial score (nSPS) is 18.6. The summed E-state index contributed by atoms with van der Waals surface area (Å²) < 4.78 is 1.58. The van der Waals surface area contributed by atoms with E-state index >= 15 is 0 Å². The van der Waals surface area contributed by atoms with Gasteiger partial charge in [0.25, 0.3) is 0 Å². The highest BCUT2D eigenvalue weighted by Gasteiger charge is 2.26. The average molecular weight is 341 g/mol. The van der Waals surface area contributed by atoms with Crippen LogP contribution < -0.4 is 5.32 Å². The molecule has 1 N–H and O–H groups in total. The fourth-order valence-electron chi connectivity index (χ4n) is 3.36. The zero-order valence-corrected chi connectivity index (χ0v) is 15.0. The van der Waals surface area contributed by atoms with Gasteiger partial charge in [-0.25, -0.2) is 9.67 Å². The number of hydrogen-bond acceptors (Lipinski definition) is 4. The van der Waals surface area contributed by atoms with Gasteiger partial charge in [0, 0.05) is 6.54 Å². The number of piperidine rings is 1. The van der Waals surface area contributed by atoms with E-state index in [2.05, 4.69) is 51.5 Å². The smallest absolute Gasteiger partial charge is 0.244 e. The second kappa shape index (κ2) is 8.25. The molecule has 2 aromatic rings. The monoisotopic (exact) mass is 341 g/mol. The minimum atomic E-state index is -0.361. The molecule has 0 spiro atoms. The van der Waals surface area contributed by atoms with E-state index in [4.69, 9.17) is 0 Å². The summed E-state index contributed by atoms with van der Waals surface area (Å²) in [5, 5.41) is 7.16. The Morgan fingerprint density at radius 3 is 2.64 bits per heavy atom. The molecule has 2 heterocycles. The van der Waals surface area contributed by atoms with Gasteiger partial charge < -0.3 is 5.32 Å². The van der Waals surface area contributed by atoms with E-state index in [1.165, 1.54) is 24.7 Å². The summed E-state index contributed by atoms with van der Waals surface area (Å²) in [6.07, 6.45) is 5.45. The predicted octanol–water partition coefficient (Wildman–Crippen LogP) is 2.43. The molecule has 0 radical (unpaired) electrons. The number of carbonyl (C=O) groups excluding carboxylic acids is 1. The lowest BCUT2D eigenvalue weighted by Crippen LogP contribution is -2.43. The third kappa shape index (κ3) is 4.45. The second-order valence-corrected chi connectivity index (χ2v) is 6.94. The summed E-state index contributed by atoms with van der Waals surface area (Å²) in [7, 11) is 0. The molecule has 2 atom stereocenters. The highest BCUT2D eigenvalue weighted by molar-refractivity contribution is 5.79. The first kappa shape index (κ1) is 17.6. The highest BCUT2D eigenvalue weighted by Crippen LogP contribution is 2.26. The molecule has 0 saturated carbocycles. The van der Waals surface area contributed by atoms with Crippen LogP contribution in [0.2, 0.25) is 0 Å². The van der Waals surface area contributed by atoms with Crippen molar-refractivity contribution >= 4 is 5.91 Å². The lowest BCUT2D eigenvalue weighted by molar-refractivity contribution is -0.124. The number of hydrogen-bond donors (Lipinski definition) is 1. The SMILES string of the molecule is CC1CCN(C(CNC(=O)C(C)n2cncn2)c2ccccc2)CC1. The Morgan fingerprint density at radius 2 is 2.00 bits per heavy atom. The van der Waals surface area contributed by atoms with Gasteiger partial charge in [0.2, 0.25) is 5.91 Å². The van der Waals surface area contributed by atoms with Crippen LogP contribution in [0.15, 0.2) is 43.0 Å². The molecule has 6 heteroatoms. The van der Waals surface area contributed by atoms with Crippen LogP contribution >= 0.6 is 0 Å². The number of aromatic nitrogens is 3. The van der Waals surface area contributed by atoms with E-state index < -0.39 is 0 Å². The van der Waals surface area contributed by atoms with Gasteiger partial charge in [0.05, 0.1) is 6.04 Å². The zero-order valence-electron chi connectivity index (χ0n) is 15.0. The minimum absolute atomic E-state index is 0.0307. The molecule has 1 amide bonds. The van der Waals surface area contributed by atoms with Gasteiger partial charge >= 0.3 is 0 Å².